The van der Waals surface area contributed by atoms with Crippen molar-refractivity contribution in [2.45, 2.75) is 6.10 Å². The molecule has 46 valence electrons. The lowest BCUT2D eigenvalue weighted by molar-refractivity contribution is -0.370. The van der Waals surface area contributed by atoms with Gasteiger partial charge in [0.25, 0.3) is 0 Å². The molecule has 1 unspecified atom stereocenters. The van der Waals surface area contributed by atoms with Crippen molar-refractivity contribution in [1.29, 1.82) is 0 Å². The quantitative estimate of drug-likeness (QED) is 0.352. The molecule has 0 bridgehead atoms. The molecule has 0 amide bonds. The molecule has 0 aromatic carbocycles. The second-order valence-electron chi connectivity index (χ2n) is 1.24. The number of halogens is 1. The Morgan fingerprint density at radius 2 is 2.14 bits per heavy atom. The van der Waals surface area contributed by atoms with Crippen LogP contribution in [-0.2, 0) is 4.74 Å². The molecule has 1 saturated heterocycles. The predicted molar refractivity (Wildman–Crippen MR) is 21.1 cm³/mol. The maximum absolute atomic E-state index is 4.80. The van der Waals surface area contributed by atoms with E-state index >= 15 is 0 Å². The van der Waals surface area contributed by atoms with Crippen LogP contribution in [-0.4, -0.2) is 24.7 Å². The first-order chi connectivity index (χ1) is 2.43. The molecule has 1 rings (SSSR count). The van der Waals surface area contributed by atoms with Crippen LogP contribution in [0.3, 0.4) is 0 Å². The molecule has 1 heterocycles. The van der Waals surface area contributed by atoms with Gasteiger partial charge in [0, 0.05) is 0 Å². The standard InChI is InChI=1S/C3H7NO.ClH.H2O/c4-1-3-2-5-3;;/h3H,1-2,4H2;1H;1H2. The van der Waals surface area contributed by atoms with E-state index in [1.807, 2.05) is 0 Å². The topological polar surface area (TPSA) is 71.7 Å². The number of hydrogen-bond donors (Lipinski definition) is 1. The number of epoxide rings is 1. The Balaban J connectivity index is 0. The number of hydrogen-bond acceptors (Lipinski definition) is 1. The lowest BCUT2D eigenvalue weighted by Crippen LogP contribution is -3.00. The minimum atomic E-state index is 0. The van der Waals surface area contributed by atoms with Crippen LogP contribution in [0.4, 0.5) is 0 Å². The van der Waals surface area contributed by atoms with Crippen LogP contribution in [0.15, 0.2) is 0 Å². The van der Waals surface area contributed by atoms with Crippen LogP contribution < -0.4 is 18.1 Å². The number of rotatable bonds is 1. The summed E-state index contributed by atoms with van der Waals surface area (Å²) in [5, 5.41) is 0. The van der Waals surface area contributed by atoms with Gasteiger partial charge in [-0.2, -0.15) is 0 Å². The Hall–Kier alpha value is 0.170. The van der Waals surface area contributed by atoms with Gasteiger partial charge in [0.15, 0.2) is 0 Å². The first-order valence-electron chi connectivity index (χ1n) is 1.84. The molecular formula is C3H10ClNO2. The van der Waals surface area contributed by atoms with E-state index in [1.165, 1.54) is 0 Å². The molecule has 0 aromatic rings. The summed E-state index contributed by atoms with van der Waals surface area (Å²) in [6.45, 7) is 1.89. The minimum absolute atomic E-state index is 0. The van der Waals surface area contributed by atoms with E-state index < -0.39 is 0 Å². The average molecular weight is 128 g/mol. The van der Waals surface area contributed by atoms with Crippen molar-refractivity contribution in [3.8, 4) is 0 Å². The van der Waals surface area contributed by atoms with Crippen LogP contribution in [0.5, 0.6) is 0 Å². The van der Waals surface area contributed by atoms with Gasteiger partial charge in [0.1, 0.15) is 12.6 Å². The lowest BCUT2D eigenvalue weighted by Gasteiger charge is -1.67. The van der Waals surface area contributed by atoms with Crippen molar-refractivity contribution >= 4 is 0 Å². The lowest BCUT2D eigenvalue weighted by atomic mass is 10.5. The molecule has 1 atom stereocenters. The van der Waals surface area contributed by atoms with Gasteiger partial charge in [-0.15, -0.1) is 0 Å². The van der Waals surface area contributed by atoms with Crippen molar-refractivity contribution < 1.29 is 28.4 Å². The van der Waals surface area contributed by atoms with Gasteiger partial charge in [0.05, 0.1) is 6.61 Å². The highest BCUT2D eigenvalue weighted by Gasteiger charge is 2.21. The SMILES string of the molecule is O.[Cl-].[NH3+]CC1CO1. The zero-order chi connectivity index (χ0) is 3.70. The summed E-state index contributed by atoms with van der Waals surface area (Å²) in [4.78, 5) is 0. The van der Waals surface area contributed by atoms with Crippen LogP contribution in [0, 0.1) is 0 Å². The molecule has 0 aliphatic carbocycles. The monoisotopic (exact) mass is 127 g/mol. The van der Waals surface area contributed by atoms with Crippen LogP contribution >= 0.6 is 0 Å². The van der Waals surface area contributed by atoms with E-state index in [4.69, 9.17) is 4.74 Å². The Kier molecular flexibility index (Phi) is 6.32. The normalized spacial score (nSPS) is 24.4. The molecule has 3 nitrogen and oxygen atoms in total. The fourth-order valence-electron chi connectivity index (χ4n) is 0.235. The second-order valence-corrected chi connectivity index (χ2v) is 1.24. The fourth-order valence-corrected chi connectivity index (χ4v) is 0.235. The van der Waals surface area contributed by atoms with E-state index in [0.717, 1.165) is 13.2 Å². The maximum atomic E-state index is 4.80. The molecule has 0 aromatic heterocycles. The second kappa shape index (κ2) is 4.33. The predicted octanol–water partition coefficient (Wildman–Crippen LogP) is -5.19. The van der Waals surface area contributed by atoms with Gasteiger partial charge in [-0.3, -0.25) is 0 Å². The van der Waals surface area contributed by atoms with Gasteiger partial charge >= 0.3 is 0 Å². The summed E-state index contributed by atoms with van der Waals surface area (Å²) in [5.41, 5.74) is 3.62. The highest BCUT2D eigenvalue weighted by atomic mass is 35.5. The van der Waals surface area contributed by atoms with Gasteiger partial charge in [-0.25, -0.2) is 0 Å². The summed E-state index contributed by atoms with van der Waals surface area (Å²) in [6, 6.07) is 0. The van der Waals surface area contributed by atoms with E-state index in [-0.39, 0.29) is 17.9 Å². The third-order valence-corrected chi connectivity index (χ3v) is 0.724. The fraction of sp³-hybridized carbons (Fsp3) is 1.00. The molecule has 7 heavy (non-hydrogen) atoms. The number of quaternary nitrogens is 1. The van der Waals surface area contributed by atoms with Crippen LogP contribution in [0.2, 0.25) is 0 Å². The Morgan fingerprint density at radius 3 is 2.14 bits per heavy atom. The molecule has 1 aliphatic heterocycles. The van der Waals surface area contributed by atoms with Crippen molar-refractivity contribution in [3.05, 3.63) is 0 Å². The van der Waals surface area contributed by atoms with Gasteiger partial charge < -0.3 is 28.4 Å². The molecule has 5 N–H and O–H groups in total. The van der Waals surface area contributed by atoms with Gasteiger partial charge in [0.2, 0.25) is 0 Å². The molecule has 0 saturated carbocycles. The summed E-state index contributed by atoms with van der Waals surface area (Å²) in [7, 11) is 0. The highest BCUT2D eigenvalue weighted by Crippen LogP contribution is 2.03. The summed E-state index contributed by atoms with van der Waals surface area (Å²) >= 11 is 0. The summed E-state index contributed by atoms with van der Waals surface area (Å²) in [6.07, 6.45) is 0.523. The molecule has 0 radical (unpaired) electrons. The van der Waals surface area contributed by atoms with Gasteiger partial charge in [-0.05, 0) is 0 Å². The average Bonchev–Trinajstić information content (AvgIpc) is 2.12. The van der Waals surface area contributed by atoms with E-state index in [1.54, 1.807) is 0 Å². The van der Waals surface area contributed by atoms with Crippen molar-refractivity contribution in [1.82, 2.24) is 0 Å². The molecule has 4 heteroatoms. The van der Waals surface area contributed by atoms with Gasteiger partial charge in [-0.1, -0.05) is 0 Å². The zero-order valence-electron chi connectivity index (χ0n) is 3.98. The van der Waals surface area contributed by atoms with Crippen molar-refractivity contribution in [2.24, 2.45) is 0 Å². The Morgan fingerprint density at radius 1 is 1.71 bits per heavy atom. The summed E-state index contributed by atoms with van der Waals surface area (Å²) in [5.74, 6) is 0. The molecular weight excluding hydrogens is 117 g/mol. The Bertz CT molecular complexity index is 39.9. The van der Waals surface area contributed by atoms with E-state index in [0.29, 0.717) is 6.10 Å². The van der Waals surface area contributed by atoms with Crippen LogP contribution in [0.25, 0.3) is 0 Å². The van der Waals surface area contributed by atoms with E-state index in [2.05, 4.69) is 5.73 Å². The zero-order valence-corrected chi connectivity index (χ0v) is 4.74. The summed E-state index contributed by atoms with van der Waals surface area (Å²) < 4.78 is 4.80. The largest absolute Gasteiger partial charge is 1.00 e. The molecule has 1 aliphatic rings. The molecule has 1 fully saturated rings. The third kappa shape index (κ3) is 4.01. The third-order valence-electron chi connectivity index (χ3n) is 0.724. The van der Waals surface area contributed by atoms with E-state index in [9.17, 15) is 0 Å². The first-order valence-corrected chi connectivity index (χ1v) is 1.84. The smallest absolute Gasteiger partial charge is 0.129 e. The first kappa shape index (κ1) is 10.2. The van der Waals surface area contributed by atoms with Crippen molar-refractivity contribution in [3.63, 3.8) is 0 Å². The van der Waals surface area contributed by atoms with Crippen LogP contribution in [0.1, 0.15) is 0 Å². The Labute approximate surface area is 48.6 Å². The maximum Gasteiger partial charge on any atom is 0.129 e. The number of ether oxygens (including phenoxy) is 1. The van der Waals surface area contributed by atoms with Crippen molar-refractivity contribution in [2.75, 3.05) is 13.2 Å². The molecule has 0 spiro atoms. The minimum Gasteiger partial charge on any atom is -1.00 e. The highest BCUT2D eigenvalue weighted by molar-refractivity contribution is 4.64.